The minimum atomic E-state index is -2.53. The minimum Gasteiger partial charge on any atom is -0.364 e. The molecule has 0 radical (unpaired) electrons. The highest BCUT2D eigenvalue weighted by Crippen LogP contribution is 2.24. The van der Waals surface area contributed by atoms with E-state index in [1.54, 1.807) is 24.3 Å². The Labute approximate surface area is 178 Å². The fraction of sp³-hybridized carbons (Fsp3) is 0.450. The first-order valence-electron chi connectivity index (χ1n) is 9.99. The number of nitrogens with two attached hydrogens (primary N) is 1. The normalized spacial score (nSPS) is 17.1. The van der Waals surface area contributed by atoms with E-state index in [4.69, 9.17) is 5.73 Å². The molecule has 1 saturated heterocycles. The van der Waals surface area contributed by atoms with Crippen molar-refractivity contribution in [3.05, 3.63) is 41.2 Å². The van der Waals surface area contributed by atoms with Crippen LogP contribution in [-0.2, 0) is 22.9 Å². The van der Waals surface area contributed by atoms with Crippen LogP contribution in [0, 0.1) is 0 Å². The van der Waals surface area contributed by atoms with Crippen molar-refractivity contribution < 1.29 is 13.2 Å². The van der Waals surface area contributed by atoms with Crippen molar-refractivity contribution in [3.8, 4) is 0 Å². The average molecular weight is 433 g/mol. The molecule has 2 heterocycles. The van der Waals surface area contributed by atoms with Crippen LogP contribution < -0.4 is 16.4 Å². The molecule has 1 aliphatic heterocycles. The van der Waals surface area contributed by atoms with Gasteiger partial charge in [0.2, 0.25) is 0 Å². The third-order valence-electron chi connectivity index (χ3n) is 5.00. The van der Waals surface area contributed by atoms with Crippen LogP contribution in [0.2, 0.25) is 0 Å². The molecule has 3 rings (SSSR count). The van der Waals surface area contributed by atoms with E-state index in [-0.39, 0.29) is 23.3 Å². The largest absolute Gasteiger partial charge is 0.364 e. The van der Waals surface area contributed by atoms with Gasteiger partial charge in [0.15, 0.2) is 17.3 Å². The number of aryl methyl sites for hydroxylation is 1. The van der Waals surface area contributed by atoms with Gasteiger partial charge in [0.1, 0.15) is 10.7 Å². The van der Waals surface area contributed by atoms with E-state index in [0.29, 0.717) is 29.2 Å². The van der Waals surface area contributed by atoms with Crippen molar-refractivity contribution in [1.29, 1.82) is 0 Å². The lowest BCUT2D eigenvalue weighted by Crippen LogP contribution is -2.40. The SMILES string of the molecule is CCc1nc(C(N)=O)c(Nc2cccc(C[SH](=O)=O)c2)nc1NC1CCCN(C)C1. The quantitative estimate of drug-likeness (QED) is 0.462. The van der Waals surface area contributed by atoms with E-state index in [2.05, 4.69) is 32.5 Å². The Morgan fingerprint density at radius 2 is 2.10 bits per heavy atom. The number of benzene rings is 1. The zero-order valence-corrected chi connectivity index (χ0v) is 18.1. The number of rotatable bonds is 8. The second kappa shape index (κ2) is 9.86. The van der Waals surface area contributed by atoms with E-state index < -0.39 is 16.6 Å². The molecule has 4 N–H and O–H groups in total. The van der Waals surface area contributed by atoms with Gasteiger partial charge >= 0.3 is 0 Å². The Balaban J connectivity index is 1.93. The summed E-state index contributed by atoms with van der Waals surface area (Å²) < 4.78 is 22.1. The van der Waals surface area contributed by atoms with Crippen LogP contribution in [0.5, 0.6) is 0 Å². The van der Waals surface area contributed by atoms with E-state index in [1.165, 1.54) is 0 Å². The molecule has 162 valence electrons. The van der Waals surface area contributed by atoms with Gasteiger partial charge in [-0.3, -0.25) is 4.79 Å². The van der Waals surface area contributed by atoms with Gasteiger partial charge in [0.25, 0.3) is 5.91 Å². The number of nitrogens with one attached hydrogen (secondary N) is 2. The van der Waals surface area contributed by atoms with Crippen LogP contribution >= 0.6 is 0 Å². The fourth-order valence-corrected chi connectivity index (χ4v) is 4.10. The van der Waals surface area contributed by atoms with Gasteiger partial charge in [0.05, 0.1) is 11.4 Å². The molecule has 1 aromatic carbocycles. The molecule has 1 amide bonds. The van der Waals surface area contributed by atoms with Gasteiger partial charge in [-0.15, -0.1) is 0 Å². The van der Waals surface area contributed by atoms with Crippen molar-refractivity contribution in [1.82, 2.24) is 14.9 Å². The summed E-state index contributed by atoms with van der Waals surface area (Å²) in [6, 6.07) is 7.18. The highest BCUT2D eigenvalue weighted by molar-refractivity contribution is 7.71. The first-order valence-corrected chi connectivity index (χ1v) is 11.4. The highest BCUT2D eigenvalue weighted by atomic mass is 32.2. The second-order valence-electron chi connectivity index (χ2n) is 7.50. The van der Waals surface area contributed by atoms with Gasteiger partial charge < -0.3 is 21.3 Å². The zero-order valence-electron chi connectivity index (χ0n) is 17.2. The lowest BCUT2D eigenvalue weighted by atomic mass is 10.1. The number of primary amides is 1. The molecule has 30 heavy (non-hydrogen) atoms. The van der Waals surface area contributed by atoms with Gasteiger partial charge in [-0.25, -0.2) is 18.4 Å². The standard InChI is InChI=1S/C20H28N6O3S/c1-3-16-19(23-15-8-5-9-26(2)11-15)25-20(17(24-16)18(21)27)22-14-7-4-6-13(10-14)12-30(28)29/h4,6-7,10,15,30H,3,5,8-9,11-12H2,1-2H3,(H2,21,27)(H2,22,23,25). The van der Waals surface area contributed by atoms with Crippen molar-refractivity contribution >= 4 is 33.9 Å². The zero-order chi connectivity index (χ0) is 21.7. The molecule has 0 bridgehead atoms. The van der Waals surface area contributed by atoms with Crippen molar-refractivity contribution in [2.75, 3.05) is 30.8 Å². The number of hydrogen-bond acceptors (Lipinski definition) is 8. The van der Waals surface area contributed by atoms with Crippen LogP contribution in [0.25, 0.3) is 0 Å². The molecule has 1 unspecified atom stereocenters. The molecule has 0 aliphatic carbocycles. The molecule has 1 aliphatic rings. The Morgan fingerprint density at radius 1 is 1.30 bits per heavy atom. The third kappa shape index (κ3) is 5.67. The molecule has 9 nitrogen and oxygen atoms in total. The Bertz CT molecular complexity index is 987. The third-order valence-corrected chi connectivity index (χ3v) is 5.63. The number of likely N-dealkylation sites (tertiary alicyclic amines) is 1. The number of anilines is 3. The lowest BCUT2D eigenvalue weighted by molar-refractivity contribution is 0.0996. The van der Waals surface area contributed by atoms with E-state index in [1.807, 2.05) is 6.92 Å². The van der Waals surface area contributed by atoms with Crippen LogP contribution in [0.4, 0.5) is 17.3 Å². The molecule has 1 aromatic heterocycles. The molecule has 2 aromatic rings. The van der Waals surface area contributed by atoms with Gasteiger partial charge in [-0.2, -0.15) is 0 Å². The summed E-state index contributed by atoms with van der Waals surface area (Å²) in [7, 11) is -0.445. The second-order valence-corrected chi connectivity index (χ2v) is 8.48. The highest BCUT2D eigenvalue weighted by Gasteiger charge is 2.22. The van der Waals surface area contributed by atoms with Gasteiger partial charge in [0, 0.05) is 18.3 Å². The number of amides is 1. The molecular weight excluding hydrogens is 404 g/mol. The number of carbonyl (C=O) groups excluding carboxylic acids is 1. The van der Waals surface area contributed by atoms with Crippen LogP contribution in [0.15, 0.2) is 24.3 Å². The Morgan fingerprint density at radius 3 is 2.77 bits per heavy atom. The summed E-state index contributed by atoms with van der Waals surface area (Å²) in [6.07, 6.45) is 2.73. The fourth-order valence-electron chi connectivity index (χ4n) is 3.60. The van der Waals surface area contributed by atoms with Crippen molar-refractivity contribution in [3.63, 3.8) is 0 Å². The average Bonchev–Trinajstić information content (AvgIpc) is 2.68. The number of hydrogen-bond donors (Lipinski definition) is 4. The van der Waals surface area contributed by atoms with Gasteiger partial charge in [-0.1, -0.05) is 19.1 Å². The number of thiol groups is 1. The number of nitrogens with zero attached hydrogens (tertiary/aromatic N) is 3. The first kappa shape index (κ1) is 22.0. The number of carbonyl (C=O) groups is 1. The smallest absolute Gasteiger partial charge is 0.271 e. The van der Waals surface area contributed by atoms with Crippen molar-refractivity contribution in [2.24, 2.45) is 5.73 Å². The molecule has 0 saturated carbocycles. The molecule has 10 heteroatoms. The maximum absolute atomic E-state index is 12.0. The molecular formula is C20H28N6O3S. The van der Waals surface area contributed by atoms with E-state index in [9.17, 15) is 13.2 Å². The van der Waals surface area contributed by atoms with E-state index >= 15 is 0 Å². The summed E-state index contributed by atoms with van der Waals surface area (Å²) in [5.41, 5.74) is 7.53. The van der Waals surface area contributed by atoms with Crippen LogP contribution in [0.3, 0.4) is 0 Å². The van der Waals surface area contributed by atoms with Gasteiger partial charge in [-0.05, 0) is 50.6 Å². The lowest BCUT2D eigenvalue weighted by Gasteiger charge is -2.31. The summed E-state index contributed by atoms with van der Waals surface area (Å²) in [6.45, 7) is 3.93. The maximum Gasteiger partial charge on any atom is 0.271 e. The maximum atomic E-state index is 12.0. The monoisotopic (exact) mass is 432 g/mol. The summed E-state index contributed by atoms with van der Waals surface area (Å²) >= 11 is 0. The summed E-state index contributed by atoms with van der Waals surface area (Å²) in [4.78, 5) is 23.4. The Hall–Kier alpha value is -2.72. The summed E-state index contributed by atoms with van der Waals surface area (Å²) in [5, 5.41) is 6.56. The molecule has 0 spiro atoms. The Kier molecular flexibility index (Phi) is 7.22. The summed E-state index contributed by atoms with van der Waals surface area (Å²) in [5.74, 6) is 0.136. The number of aromatic nitrogens is 2. The van der Waals surface area contributed by atoms with Crippen LogP contribution in [-0.4, -0.2) is 55.4 Å². The predicted octanol–water partition coefficient (Wildman–Crippen LogP) is 1.50. The topological polar surface area (TPSA) is 130 Å². The number of piperidine rings is 1. The minimum absolute atomic E-state index is 0.0541. The molecule has 1 fully saturated rings. The first-order chi connectivity index (χ1) is 14.4. The van der Waals surface area contributed by atoms with E-state index in [0.717, 1.165) is 25.9 Å². The predicted molar refractivity (Wildman–Crippen MR) is 118 cm³/mol. The van der Waals surface area contributed by atoms with Crippen molar-refractivity contribution in [2.45, 2.75) is 38.0 Å². The molecule has 1 atom stereocenters. The number of likely N-dealkylation sites (N-methyl/N-ethyl adjacent to an activating group) is 1. The van der Waals surface area contributed by atoms with Crippen LogP contribution in [0.1, 0.15) is 41.5 Å².